The van der Waals surface area contributed by atoms with Crippen molar-refractivity contribution in [3.63, 3.8) is 0 Å². The van der Waals surface area contributed by atoms with Crippen LogP contribution < -0.4 is 10.6 Å². The predicted molar refractivity (Wildman–Crippen MR) is 85.3 cm³/mol. The maximum atomic E-state index is 12.2. The molecule has 4 nitrogen and oxygen atoms in total. The Kier molecular flexibility index (Phi) is 5.76. The lowest BCUT2D eigenvalue weighted by Gasteiger charge is -2.17. The molecular weight excluding hydrogens is 264 g/mol. The molecule has 1 aliphatic heterocycles. The fourth-order valence-corrected chi connectivity index (χ4v) is 2.61. The van der Waals surface area contributed by atoms with E-state index >= 15 is 0 Å². The zero-order valence-electron chi connectivity index (χ0n) is 13.2. The molecule has 1 heterocycles. The van der Waals surface area contributed by atoms with Crippen LogP contribution in [0.5, 0.6) is 0 Å². The minimum atomic E-state index is -0.315. The van der Waals surface area contributed by atoms with E-state index in [-0.39, 0.29) is 18.1 Å². The molecule has 0 aliphatic carbocycles. The van der Waals surface area contributed by atoms with E-state index in [9.17, 15) is 4.79 Å². The van der Waals surface area contributed by atoms with Gasteiger partial charge in [-0.05, 0) is 49.9 Å². The lowest BCUT2D eigenvalue weighted by atomic mass is 10.0. The second-order valence-corrected chi connectivity index (χ2v) is 5.85. The first-order valence-corrected chi connectivity index (χ1v) is 7.87. The van der Waals surface area contributed by atoms with E-state index in [1.165, 1.54) is 5.56 Å². The minimum Gasteiger partial charge on any atom is -0.368 e. The van der Waals surface area contributed by atoms with E-state index in [1.54, 1.807) is 0 Å². The summed E-state index contributed by atoms with van der Waals surface area (Å²) >= 11 is 0. The molecule has 3 atom stereocenters. The monoisotopic (exact) mass is 290 g/mol. The Morgan fingerprint density at radius 3 is 2.95 bits per heavy atom. The van der Waals surface area contributed by atoms with Crippen LogP contribution in [0.1, 0.15) is 45.2 Å². The van der Waals surface area contributed by atoms with E-state index in [4.69, 9.17) is 4.74 Å². The summed E-state index contributed by atoms with van der Waals surface area (Å²) in [5.74, 6) is 0.254. The third-order valence-electron chi connectivity index (χ3n) is 4.00. The van der Waals surface area contributed by atoms with Gasteiger partial charge in [0.2, 0.25) is 0 Å². The van der Waals surface area contributed by atoms with Crippen LogP contribution in [0.4, 0.5) is 5.69 Å². The van der Waals surface area contributed by atoms with Crippen molar-refractivity contribution in [1.29, 1.82) is 0 Å². The number of rotatable bonds is 6. The summed E-state index contributed by atoms with van der Waals surface area (Å²) in [6, 6.07) is 8.30. The van der Waals surface area contributed by atoms with Gasteiger partial charge in [-0.15, -0.1) is 0 Å². The van der Waals surface area contributed by atoms with Crippen molar-refractivity contribution in [1.82, 2.24) is 5.32 Å². The van der Waals surface area contributed by atoms with Crippen LogP contribution in [-0.2, 0) is 9.53 Å². The molecule has 1 aromatic rings. The van der Waals surface area contributed by atoms with Crippen molar-refractivity contribution in [2.45, 2.75) is 45.8 Å². The smallest absolute Gasteiger partial charge is 0.253 e. The van der Waals surface area contributed by atoms with Gasteiger partial charge in [0.25, 0.3) is 5.91 Å². The average molecular weight is 290 g/mol. The summed E-state index contributed by atoms with van der Waals surface area (Å²) in [7, 11) is 0. The third kappa shape index (κ3) is 4.29. The van der Waals surface area contributed by atoms with Gasteiger partial charge in [-0.25, -0.2) is 0 Å². The molecule has 2 N–H and O–H groups in total. The second-order valence-electron chi connectivity index (χ2n) is 5.85. The third-order valence-corrected chi connectivity index (χ3v) is 4.00. The van der Waals surface area contributed by atoms with Gasteiger partial charge >= 0.3 is 0 Å². The molecule has 3 unspecified atom stereocenters. The van der Waals surface area contributed by atoms with Gasteiger partial charge in [0.05, 0.1) is 0 Å². The first-order valence-electron chi connectivity index (χ1n) is 7.87. The number of hydrogen-bond acceptors (Lipinski definition) is 3. The van der Waals surface area contributed by atoms with E-state index < -0.39 is 0 Å². The first-order chi connectivity index (χ1) is 10.1. The molecule has 21 heavy (non-hydrogen) atoms. The molecule has 1 fully saturated rings. The van der Waals surface area contributed by atoms with Crippen LogP contribution in [0.25, 0.3) is 0 Å². The van der Waals surface area contributed by atoms with E-state index in [0.717, 1.165) is 25.1 Å². The zero-order valence-corrected chi connectivity index (χ0v) is 13.2. The summed E-state index contributed by atoms with van der Waals surface area (Å²) in [5, 5.41) is 6.43. The number of carbonyl (C=O) groups is 1. The molecule has 0 aromatic heterocycles. The Morgan fingerprint density at radius 2 is 2.29 bits per heavy atom. The highest BCUT2D eigenvalue weighted by Gasteiger charge is 2.30. The van der Waals surface area contributed by atoms with Crippen molar-refractivity contribution in [3.05, 3.63) is 29.8 Å². The first kappa shape index (κ1) is 16.0. The Hall–Kier alpha value is -1.39. The molecule has 1 amide bonds. The largest absolute Gasteiger partial charge is 0.368 e. The van der Waals surface area contributed by atoms with Crippen LogP contribution in [-0.4, -0.2) is 25.2 Å². The number of nitrogens with one attached hydrogen (secondary N) is 2. The number of hydrogen-bond donors (Lipinski definition) is 2. The second kappa shape index (κ2) is 7.57. The average Bonchev–Trinajstić information content (AvgIpc) is 2.91. The Bertz CT molecular complexity index is 476. The maximum absolute atomic E-state index is 12.2. The van der Waals surface area contributed by atoms with Gasteiger partial charge in [0, 0.05) is 18.3 Å². The van der Waals surface area contributed by atoms with Crippen molar-refractivity contribution in [3.8, 4) is 0 Å². The summed E-state index contributed by atoms with van der Waals surface area (Å²) < 4.78 is 5.51. The fourth-order valence-electron chi connectivity index (χ4n) is 2.61. The van der Waals surface area contributed by atoms with Gasteiger partial charge in [0.1, 0.15) is 6.10 Å². The Balaban J connectivity index is 1.98. The number of amides is 1. The molecule has 1 saturated heterocycles. The van der Waals surface area contributed by atoms with Crippen molar-refractivity contribution >= 4 is 11.6 Å². The highest BCUT2D eigenvalue weighted by atomic mass is 16.5. The van der Waals surface area contributed by atoms with Gasteiger partial charge in [0.15, 0.2) is 0 Å². The number of anilines is 1. The molecule has 0 spiro atoms. The van der Waals surface area contributed by atoms with Crippen LogP contribution in [0, 0.1) is 5.92 Å². The van der Waals surface area contributed by atoms with E-state index in [2.05, 4.69) is 37.5 Å². The molecule has 4 heteroatoms. The summed E-state index contributed by atoms with van der Waals surface area (Å²) in [5.41, 5.74) is 2.02. The topological polar surface area (TPSA) is 50.4 Å². The lowest BCUT2D eigenvalue weighted by molar-refractivity contribution is -0.126. The van der Waals surface area contributed by atoms with Crippen molar-refractivity contribution in [2.75, 3.05) is 18.5 Å². The molecule has 1 aromatic carbocycles. The molecule has 2 rings (SSSR count). The molecule has 0 saturated carbocycles. The minimum absolute atomic E-state index is 0.0358. The Labute approximate surface area is 127 Å². The summed E-state index contributed by atoms with van der Waals surface area (Å²) in [4.78, 5) is 12.2. The summed E-state index contributed by atoms with van der Waals surface area (Å²) in [6.45, 7) is 8.02. The van der Waals surface area contributed by atoms with Crippen molar-refractivity contribution in [2.24, 2.45) is 5.92 Å². The quantitative estimate of drug-likeness (QED) is 0.846. The van der Waals surface area contributed by atoms with Gasteiger partial charge in [-0.3, -0.25) is 4.79 Å². The van der Waals surface area contributed by atoms with Crippen LogP contribution in [0.2, 0.25) is 0 Å². The fraction of sp³-hybridized carbons (Fsp3) is 0.588. The number of benzene rings is 1. The Morgan fingerprint density at radius 1 is 1.48 bits per heavy atom. The van der Waals surface area contributed by atoms with Gasteiger partial charge in [-0.2, -0.15) is 0 Å². The zero-order chi connectivity index (χ0) is 15.2. The van der Waals surface area contributed by atoms with Crippen LogP contribution in [0.3, 0.4) is 0 Å². The number of ether oxygens (including phenoxy) is 1. The normalized spacial score (nSPS) is 23.0. The van der Waals surface area contributed by atoms with Crippen LogP contribution in [0.15, 0.2) is 24.3 Å². The SMILES string of the molecule is CCCNC(C)c1cccc(NC(=O)C2OCCC2C)c1. The van der Waals surface area contributed by atoms with E-state index in [1.807, 2.05) is 18.2 Å². The predicted octanol–water partition coefficient (Wildman–Crippen LogP) is 3.11. The van der Waals surface area contributed by atoms with Gasteiger partial charge in [-0.1, -0.05) is 26.0 Å². The molecule has 0 bridgehead atoms. The molecule has 0 radical (unpaired) electrons. The molecule has 1 aliphatic rings. The van der Waals surface area contributed by atoms with Crippen LogP contribution >= 0.6 is 0 Å². The lowest BCUT2D eigenvalue weighted by Crippen LogP contribution is -2.31. The highest BCUT2D eigenvalue weighted by Crippen LogP contribution is 2.23. The maximum Gasteiger partial charge on any atom is 0.253 e. The highest BCUT2D eigenvalue weighted by molar-refractivity contribution is 5.94. The number of carbonyl (C=O) groups excluding carboxylic acids is 1. The molecular formula is C17H26N2O2. The standard InChI is InChI=1S/C17H26N2O2/c1-4-9-18-13(3)14-6-5-7-15(11-14)19-17(20)16-12(2)8-10-21-16/h5-7,11-13,16,18H,4,8-10H2,1-3H3,(H,19,20). The summed E-state index contributed by atoms with van der Waals surface area (Å²) in [6.07, 6.45) is 1.75. The molecule has 116 valence electrons. The van der Waals surface area contributed by atoms with E-state index in [0.29, 0.717) is 12.5 Å². The van der Waals surface area contributed by atoms with Gasteiger partial charge < -0.3 is 15.4 Å². The van der Waals surface area contributed by atoms with Crippen molar-refractivity contribution < 1.29 is 9.53 Å².